The van der Waals surface area contributed by atoms with Gasteiger partial charge in [-0.25, -0.2) is 0 Å². The second-order valence-electron chi connectivity index (χ2n) is 8.73. The minimum absolute atomic E-state index is 0.0349. The number of benzene rings is 2. The van der Waals surface area contributed by atoms with Crippen LogP contribution in [0.25, 0.3) is 17.0 Å². The van der Waals surface area contributed by atoms with E-state index in [0.717, 1.165) is 40.2 Å². The van der Waals surface area contributed by atoms with E-state index in [9.17, 15) is 14.4 Å². The van der Waals surface area contributed by atoms with Gasteiger partial charge in [-0.3, -0.25) is 19.3 Å². The Morgan fingerprint density at radius 1 is 1.08 bits per heavy atom. The Labute approximate surface area is 218 Å². The topological polar surface area (TPSA) is 71.9 Å². The summed E-state index contributed by atoms with van der Waals surface area (Å²) in [7, 11) is 0. The molecule has 2 aliphatic rings. The predicted molar refractivity (Wildman–Crippen MR) is 142 cm³/mol. The zero-order valence-electron chi connectivity index (χ0n) is 19.9. The summed E-state index contributed by atoms with van der Waals surface area (Å²) in [5.41, 5.74) is 3.61. The summed E-state index contributed by atoms with van der Waals surface area (Å²) in [4.78, 5) is 42.3. The van der Waals surface area contributed by atoms with E-state index in [1.165, 1.54) is 4.90 Å². The number of aryl methyl sites for hydroxylation is 1. The highest BCUT2D eigenvalue weighted by molar-refractivity contribution is 8.18. The van der Waals surface area contributed by atoms with E-state index in [0.29, 0.717) is 41.8 Å². The third-order valence-corrected chi connectivity index (χ3v) is 7.79. The van der Waals surface area contributed by atoms with Crippen molar-refractivity contribution in [1.29, 1.82) is 0 Å². The average molecular weight is 524 g/mol. The largest absolute Gasteiger partial charge is 0.378 e. The second-order valence-corrected chi connectivity index (χ2v) is 10.1. The van der Waals surface area contributed by atoms with Gasteiger partial charge in [0.05, 0.1) is 30.2 Å². The Bertz CT molecular complexity index is 1380. The lowest BCUT2D eigenvalue weighted by atomic mass is 10.1. The van der Waals surface area contributed by atoms with Crippen molar-refractivity contribution in [3.63, 3.8) is 0 Å². The molecule has 5 rings (SSSR count). The molecule has 2 fully saturated rings. The van der Waals surface area contributed by atoms with Crippen LogP contribution in [0.4, 0.5) is 4.79 Å². The summed E-state index contributed by atoms with van der Waals surface area (Å²) >= 11 is 7.17. The molecule has 0 N–H and O–H groups in total. The van der Waals surface area contributed by atoms with Crippen molar-refractivity contribution < 1.29 is 19.1 Å². The SMILES string of the molecule is CCc1cccc2c(/C=C3\SC(=O)N(Cc4ccccc4Cl)C3=O)cn(CC(=O)N3CCOCC3)c12. The fourth-order valence-corrected chi connectivity index (χ4v) is 5.65. The molecule has 0 saturated carbocycles. The highest BCUT2D eigenvalue weighted by Crippen LogP contribution is 2.36. The second kappa shape index (κ2) is 10.5. The first kappa shape index (κ1) is 24.6. The van der Waals surface area contributed by atoms with Gasteiger partial charge in [0, 0.05) is 35.3 Å². The predicted octanol–water partition coefficient (Wildman–Crippen LogP) is 4.95. The molecule has 0 unspecified atom stereocenters. The summed E-state index contributed by atoms with van der Waals surface area (Å²) in [5, 5.41) is 1.13. The number of hydrogen-bond donors (Lipinski definition) is 0. The molecule has 3 amide bonds. The van der Waals surface area contributed by atoms with Gasteiger partial charge < -0.3 is 14.2 Å². The van der Waals surface area contributed by atoms with Gasteiger partial charge in [0.1, 0.15) is 6.54 Å². The molecule has 2 saturated heterocycles. The van der Waals surface area contributed by atoms with Gasteiger partial charge >= 0.3 is 0 Å². The van der Waals surface area contributed by atoms with Crippen LogP contribution in [0.2, 0.25) is 5.02 Å². The van der Waals surface area contributed by atoms with Crippen molar-refractivity contribution in [1.82, 2.24) is 14.4 Å². The van der Waals surface area contributed by atoms with Crippen LogP contribution >= 0.6 is 23.4 Å². The number of fused-ring (bicyclic) bond motifs is 1. The molecule has 186 valence electrons. The lowest BCUT2D eigenvalue weighted by molar-refractivity contribution is -0.135. The van der Waals surface area contributed by atoms with Crippen molar-refractivity contribution in [3.05, 3.63) is 75.3 Å². The molecule has 0 aliphatic carbocycles. The number of amides is 3. The number of halogens is 1. The van der Waals surface area contributed by atoms with Crippen LogP contribution in [0.5, 0.6) is 0 Å². The summed E-state index contributed by atoms with van der Waals surface area (Å²) < 4.78 is 7.34. The number of hydrogen-bond acceptors (Lipinski definition) is 5. The van der Waals surface area contributed by atoms with E-state index >= 15 is 0 Å². The van der Waals surface area contributed by atoms with Crippen LogP contribution in [0.15, 0.2) is 53.6 Å². The molecule has 36 heavy (non-hydrogen) atoms. The van der Waals surface area contributed by atoms with Crippen molar-refractivity contribution in [2.45, 2.75) is 26.4 Å². The van der Waals surface area contributed by atoms with Crippen molar-refractivity contribution >= 4 is 57.4 Å². The molecule has 0 bridgehead atoms. The molecule has 3 aromatic rings. The summed E-state index contributed by atoms with van der Waals surface area (Å²) in [6, 6.07) is 13.2. The molecule has 2 aliphatic heterocycles. The lowest BCUT2D eigenvalue weighted by Crippen LogP contribution is -2.42. The van der Waals surface area contributed by atoms with Crippen LogP contribution in [0.3, 0.4) is 0 Å². The van der Waals surface area contributed by atoms with Crippen LogP contribution in [-0.4, -0.2) is 57.7 Å². The van der Waals surface area contributed by atoms with Crippen LogP contribution in [0.1, 0.15) is 23.6 Å². The Kier molecular flexibility index (Phi) is 7.18. The van der Waals surface area contributed by atoms with E-state index in [1.807, 2.05) is 39.9 Å². The van der Waals surface area contributed by atoms with E-state index in [1.54, 1.807) is 18.2 Å². The molecule has 0 atom stereocenters. The number of thioether (sulfide) groups is 1. The van der Waals surface area contributed by atoms with Crippen LogP contribution in [0, 0.1) is 0 Å². The van der Waals surface area contributed by atoms with Crippen molar-refractivity contribution in [2.24, 2.45) is 0 Å². The Balaban J connectivity index is 1.47. The highest BCUT2D eigenvalue weighted by Gasteiger charge is 2.35. The average Bonchev–Trinajstić information content (AvgIpc) is 3.37. The first-order chi connectivity index (χ1) is 17.5. The molecule has 3 heterocycles. The number of carbonyl (C=O) groups excluding carboxylic acids is 3. The van der Waals surface area contributed by atoms with E-state index in [-0.39, 0.29) is 30.1 Å². The van der Waals surface area contributed by atoms with E-state index in [4.69, 9.17) is 16.3 Å². The number of nitrogens with zero attached hydrogens (tertiary/aromatic N) is 3. The molecule has 2 aromatic carbocycles. The number of ether oxygens (including phenoxy) is 1. The Morgan fingerprint density at radius 2 is 1.83 bits per heavy atom. The third-order valence-electron chi connectivity index (χ3n) is 6.51. The maximum atomic E-state index is 13.2. The van der Waals surface area contributed by atoms with Gasteiger partial charge in [0.25, 0.3) is 11.1 Å². The van der Waals surface area contributed by atoms with Crippen molar-refractivity contribution in [2.75, 3.05) is 26.3 Å². The van der Waals surface area contributed by atoms with Gasteiger partial charge in [-0.2, -0.15) is 0 Å². The molecule has 7 nitrogen and oxygen atoms in total. The first-order valence-electron chi connectivity index (χ1n) is 11.9. The first-order valence-corrected chi connectivity index (χ1v) is 13.1. The molecule has 0 spiro atoms. The Morgan fingerprint density at radius 3 is 2.58 bits per heavy atom. The van der Waals surface area contributed by atoms with Crippen LogP contribution < -0.4 is 0 Å². The van der Waals surface area contributed by atoms with E-state index < -0.39 is 0 Å². The quantitative estimate of drug-likeness (QED) is 0.427. The third kappa shape index (κ3) is 4.81. The molecular formula is C27H26ClN3O4S. The minimum Gasteiger partial charge on any atom is -0.378 e. The fourth-order valence-electron chi connectivity index (χ4n) is 4.62. The van der Waals surface area contributed by atoms with Gasteiger partial charge in [0.15, 0.2) is 0 Å². The number of para-hydroxylation sites is 1. The summed E-state index contributed by atoms with van der Waals surface area (Å²) in [5.74, 6) is -0.311. The highest BCUT2D eigenvalue weighted by atomic mass is 35.5. The monoisotopic (exact) mass is 523 g/mol. The van der Waals surface area contributed by atoms with Gasteiger partial charge in [-0.15, -0.1) is 0 Å². The standard InChI is InChI=1S/C27H26ClN3O4S/c1-2-18-7-5-8-21-20(15-30(25(18)21)17-24(32)29-10-12-35-13-11-29)14-23-26(33)31(27(34)36-23)16-19-6-3-4-9-22(19)28/h3-9,14-15H,2,10-13,16-17H2,1H3/b23-14-. The normalized spacial score (nSPS) is 17.6. The smallest absolute Gasteiger partial charge is 0.293 e. The van der Waals surface area contributed by atoms with Gasteiger partial charge in [-0.1, -0.05) is 54.9 Å². The van der Waals surface area contributed by atoms with Crippen molar-refractivity contribution in [3.8, 4) is 0 Å². The Hall–Kier alpha value is -3.07. The van der Waals surface area contributed by atoms with Crippen LogP contribution in [-0.2, 0) is 33.8 Å². The minimum atomic E-state index is -0.346. The van der Waals surface area contributed by atoms with E-state index in [2.05, 4.69) is 13.0 Å². The molecule has 9 heteroatoms. The maximum absolute atomic E-state index is 13.2. The summed E-state index contributed by atoms with van der Waals surface area (Å²) in [6.45, 7) is 4.68. The number of rotatable bonds is 6. The molecular weight excluding hydrogens is 498 g/mol. The number of morpholine rings is 1. The molecule has 0 radical (unpaired) electrons. The zero-order chi connectivity index (χ0) is 25.2. The number of carbonyl (C=O) groups is 3. The molecule has 1 aromatic heterocycles. The van der Waals surface area contributed by atoms with Gasteiger partial charge in [-0.05, 0) is 41.5 Å². The number of aromatic nitrogens is 1. The fraction of sp³-hybridized carbons (Fsp3) is 0.296. The maximum Gasteiger partial charge on any atom is 0.293 e. The van der Waals surface area contributed by atoms with Gasteiger partial charge in [0.2, 0.25) is 5.91 Å². The summed E-state index contributed by atoms with van der Waals surface area (Å²) in [6.07, 6.45) is 4.47. The zero-order valence-corrected chi connectivity index (χ0v) is 21.5. The lowest BCUT2D eigenvalue weighted by Gasteiger charge is -2.27. The number of imide groups is 1.